The Bertz CT molecular complexity index is 476. The van der Waals surface area contributed by atoms with Gasteiger partial charge in [0, 0.05) is 12.0 Å². The fourth-order valence-electron chi connectivity index (χ4n) is 3.01. The number of hydrogen-bond donors (Lipinski definition) is 1. The third-order valence-electron chi connectivity index (χ3n) is 4.33. The van der Waals surface area contributed by atoms with Crippen LogP contribution in [-0.4, -0.2) is 6.54 Å². The standard InChI is InChI=1S/C14H18F3N/c1-9-6-10(14(15,16)17)4-5-11(9)13(8-18)7-12(13,2)3/h4-6H,7-8,18H2,1-3H3. The first-order chi connectivity index (χ1) is 8.14. The van der Waals surface area contributed by atoms with Gasteiger partial charge in [0.25, 0.3) is 0 Å². The van der Waals surface area contributed by atoms with Crippen LogP contribution >= 0.6 is 0 Å². The van der Waals surface area contributed by atoms with E-state index >= 15 is 0 Å². The lowest BCUT2D eigenvalue weighted by Crippen LogP contribution is -2.26. The molecule has 1 nitrogen and oxygen atoms in total. The molecule has 1 unspecified atom stereocenters. The molecule has 0 spiro atoms. The topological polar surface area (TPSA) is 26.0 Å². The summed E-state index contributed by atoms with van der Waals surface area (Å²) in [7, 11) is 0. The van der Waals surface area contributed by atoms with Gasteiger partial charge >= 0.3 is 6.18 Å². The van der Waals surface area contributed by atoms with Crippen molar-refractivity contribution in [2.45, 2.75) is 38.8 Å². The zero-order valence-electron chi connectivity index (χ0n) is 10.9. The van der Waals surface area contributed by atoms with Crippen LogP contribution in [0.25, 0.3) is 0 Å². The van der Waals surface area contributed by atoms with Crippen LogP contribution in [0, 0.1) is 12.3 Å². The second-order valence-corrected chi connectivity index (χ2v) is 5.87. The first kappa shape index (κ1) is 13.4. The minimum Gasteiger partial charge on any atom is -0.330 e. The molecule has 0 radical (unpaired) electrons. The predicted molar refractivity (Wildman–Crippen MR) is 65.3 cm³/mol. The van der Waals surface area contributed by atoms with Crippen molar-refractivity contribution in [3.63, 3.8) is 0 Å². The van der Waals surface area contributed by atoms with Gasteiger partial charge in [-0.15, -0.1) is 0 Å². The molecule has 2 N–H and O–H groups in total. The Morgan fingerprint density at radius 1 is 1.28 bits per heavy atom. The second-order valence-electron chi connectivity index (χ2n) is 5.87. The number of aryl methyl sites for hydroxylation is 1. The van der Waals surface area contributed by atoms with Gasteiger partial charge in [0.1, 0.15) is 0 Å². The fourth-order valence-corrected chi connectivity index (χ4v) is 3.01. The van der Waals surface area contributed by atoms with Gasteiger partial charge in [-0.25, -0.2) is 0 Å². The van der Waals surface area contributed by atoms with Crippen molar-refractivity contribution < 1.29 is 13.2 Å². The Kier molecular flexibility index (Phi) is 2.78. The maximum atomic E-state index is 12.6. The van der Waals surface area contributed by atoms with Crippen LogP contribution < -0.4 is 5.73 Å². The molecule has 2 rings (SSSR count). The zero-order valence-corrected chi connectivity index (χ0v) is 10.9. The predicted octanol–water partition coefficient (Wildman–Crippen LogP) is 3.64. The summed E-state index contributed by atoms with van der Waals surface area (Å²) in [4.78, 5) is 0. The molecule has 1 saturated carbocycles. The highest BCUT2D eigenvalue weighted by Crippen LogP contribution is 2.64. The number of alkyl halides is 3. The first-order valence-corrected chi connectivity index (χ1v) is 6.02. The summed E-state index contributed by atoms with van der Waals surface area (Å²) in [6.45, 7) is 6.43. The molecule has 1 aromatic rings. The Hall–Kier alpha value is -1.03. The highest BCUT2D eigenvalue weighted by atomic mass is 19.4. The summed E-state index contributed by atoms with van der Waals surface area (Å²) in [5.41, 5.74) is 6.82. The summed E-state index contributed by atoms with van der Waals surface area (Å²) in [6.07, 6.45) is -3.35. The number of halogens is 3. The van der Waals surface area contributed by atoms with Crippen molar-refractivity contribution in [2.75, 3.05) is 6.54 Å². The quantitative estimate of drug-likeness (QED) is 0.860. The average molecular weight is 257 g/mol. The first-order valence-electron chi connectivity index (χ1n) is 6.02. The smallest absolute Gasteiger partial charge is 0.330 e. The van der Waals surface area contributed by atoms with Crippen LogP contribution in [0.5, 0.6) is 0 Å². The van der Waals surface area contributed by atoms with Crippen molar-refractivity contribution >= 4 is 0 Å². The molecule has 0 aromatic heterocycles. The molecule has 4 heteroatoms. The van der Waals surface area contributed by atoms with Crippen LogP contribution in [0.2, 0.25) is 0 Å². The monoisotopic (exact) mass is 257 g/mol. The molecule has 1 aromatic carbocycles. The van der Waals surface area contributed by atoms with Crippen molar-refractivity contribution in [3.05, 3.63) is 34.9 Å². The molecule has 18 heavy (non-hydrogen) atoms. The zero-order chi connectivity index (χ0) is 13.8. The van der Waals surface area contributed by atoms with E-state index in [0.717, 1.165) is 18.1 Å². The van der Waals surface area contributed by atoms with E-state index in [0.29, 0.717) is 12.1 Å². The summed E-state index contributed by atoms with van der Waals surface area (Å²) in [5.74, 6) is 0. The van der Waals surface area contributed by atoms with Gasteiger partial charge in [-0.3, -0.25) is 0 Å². The number of hydrogen-bond acceptors (Lipinski definition) is 1. The van der Waals surface area contributed by atoms with E-state index in [9.17, 15) is 13.2 Å². The summed E-state index contributed by atoms with van der Waals surface area (Å²) in [6, 6.07) is 3.98. The van der Waals surface area contributed by atoms with Crippen molar-refractivity contribution in [2.24, 2.45) is 11.1 Å². The molecule has 0 bridgehead atoms. The van der Waals surface area contributed by atoms with Crippen LogP contribution in [0.4, 0.5) is 13.2 Å². The molecule has 1 aliphatic rings. The Morgan fingerprint density at radius 3 is 2.17 bits per heavy atom. The van der Waals surface area contributed by atoms with E-state index < -0.39 is 11.7 Å². The fraction of sp³-hybridized carbons (Fsp3) is 0.571. The maximum Gasteiger partial charge on any atom is 0.416 e. The lowest BCUT2D eigenvalue weighted by molar-refractivity contribution is -0.137. The number of benzene rings is 1. The molecule has 0 aliphatic heterocycles. The molecule has 1 aliphatic carbocycles. The highest BCUT2D eigenvalue weighted by Gasteiger charge is 2.61. The molecule has 0 amide bonds. The highest BCUT2D eigenvalue weighted by molar-refractivity contribution is 5.44. The normalized spacial score (nSPS) is 26.2. The van der Waals surface area contributed by atoms with Crippen LogP contribution in [-0.2, 0) is 11.6 Å². The lowest BCUT2D eigenvalue weighted by Gasteiger charge is -2.22. The van der Waals surface area contributed by atoms with Crippen molar-refractivity contribution in [3.8, 4) is 0 Å². The third-order valence-corrected chi connectivity index (χ3v) is 4.33. The molecule has 1 fully saturated rings. The minimum absolute atomic E-state index is 0.0757. The SMILES string of the molecule is Cc1cc(C(F)(F)F)ccc1C1(CN)CC1(C)C. The second kappa shape index (κ2) is 3.73. The van der Waals surface area contributed by atoms with E-state index in [1.807, 2.05) is 0 Å². The molecular formula is C14H18F3N. The van der Waals surface area contributed by atoms with Crippen LogP contribution in [0.1, 0.15) is 37.0 Å². The van der Waals surface area contributed by atoms with Gasteiger partial charge < -0.3 is 5.73 Å². The van der Waals surface area contributed by atoms with Gasteiger partial charge in [-0.1, -0.05) is 19.9 Å². The minimum atomic E-state index is -4.28. The number of rotatable bonds is 2. The molecule has 0 heterocycles. The molecule has 100 valence electrons. The van der Waals surface area contributed by atoms with E-state index in [2.05, 4.69) is 13.8 Å². The van der Waals surface area contributed by atoms with Crippen molar-refractivity contribution in [1.82, 2.24) is 0 Å². The van der Waals surface area contributed by atoms with Gasteiger partial charge in [-0.2, -0.15) is 13.2 Å². The van der Waals surface area contributed by atoms with Gasteiger partial charge in [0.05, 0.1) is 5.56 Å². The maximum absolute atomic E-state index is 12.6. The Balaban J connectivity index is 2.44. The summed E-state index contributed by atoms with van der Waals surface area (Å²) in [5, 5.41) is 0. The lowest BCUT2D eigenvalue weighted by atomic mass is 9.84. The Labute approximate surface area is 105 Å². The van der Waals surface area contributed by atoms with Gasteiger partial charge in [-0.05, 0) is 42.0 Å². The average Bonchev–Trinajstić information content (AvgIpc) is 2.80. The van der Waals surface area contributed by atoms with Crippen LogP contribution in [0.15, 0.2) is 18.2 Å². The molecular weight excluding hydrogens is 239 g/mol. The Morgan fingerprint density at radius 2 is 1.83 bits per heavy atom. The molecule has 1 atom stereocenters. The largest absolute Gasteiger partial charge is 0.416 e. The van der Waals surface area contributed by atoms with E-state index in [-0.39, 0.29) is 10.8 Å². The summed E-state index contributed by atoms with van der Waals surface area (Å²) < 4.78 is 37.9. The van der Waals surface area contributed by atoms with Crippen LogP contribution in [0.3, 0.4) is 0 Å². The van der Waals surface area contributed by atoms with Crippen molar-refractivity contribution in [1.29, 1.82) is 0 Å². The van der Waals surface area contributed by atoms with E-state index in [4.69, 9.17) is 5.73 Å². The van der Waals surface area contributed by atoms with E-state index in [1.165, 1.54) is 6.07 Å². The molecule has 0 saturated heterocycles. The number of nitrogens with two attached hydrogens (primary N) is 1. The summed E-state index contributed by atoms with van der Waals surface area (Å²) >= 11 is 0. The van der Waals surface area contributed by atoms with Gasteiger partial charge in [0.15, 0.2) is 0 Å². The van der Waals surface area contributed by atoms with Gasteiger partial charge in [0.2, 0.25) is 0 Å². The van der Waals surface area contributed by atoms with E-state index in [1.54, 1.807) is 13.0 Å². The third kappa shape index (κ3) is 1.83.